The molecule has 4 rings (SSSR count). The molecule has 10 heteroatoms. The molecule has 1 aromatic carbocycles. The van der Waals surface area contributed by atoms with Crippen molar-refractivity contribution in [2.24, 2.45) is 5.92 Å². The number of thiophene rings is 1. The molecule has 38 heavy (non-hydrogen) atoms. The summed E-state index contributed by atoms with van der Waals surface area (Å²) in [4.78, 5) is 40.7. The Morgan fingerprint density at radius 1 is 1.24 bits per heavy atom. The number of esters is 1. The van der Waals surface area contributed by atoms with Crippen LogP contribution in [0.3, 0.4) is 0 Å². The van der Waals surface area contributed by atoms with Crippen LogP contribution >= 0.6 is 11.3 Å². The summed E-state index contributed by atoms with van der Waals surface area (Å²) in [5, 5.41) is 12.5. The molecule has 4 atom stereocenters. The highest BCUT2D eigenvalue weighted by atomic mass is 32.1. The van der Waals surface area contributed by atoms with Gasteiger partial charge in [0.05, 0.1) is 12.7 Å². The second-order valence-electron chi connectivity index (χ2n) is 10.6. The van der Waals surface area contributed by atoms with E-state index < -0.39 is 41.5 Å². The summed E-state index contributed by atoms with van der Waals surface area (Å²) in [6.07, 6.45) is 1.82. The van der Waals surface area contributed by atoms with Crippen LogP contribution in [0.25, 0.3) is 10.4 Å². The molecule has 202 valence electrons. The quantitative estimate of drug-likeness (QED) is 0.491. The monoisotopic (exact) mass is 541 g/mol. The van der Waals surface area contributed by atoms with Crippen LogP contribution in [0.1, 0.15) is 62.2 Å². The Bertz CT molecular complexity index is 1260. The third-order valence-electron chi connectivity index (χ3n) is 6.77. The first kappa shape index (κ1) is 27.6. The van der Waals surface area contributed by atoms with Crippen molar-refractivity contribution in [3.8, 4) is 16.5 Å². The minimum absolute atomic E-state index is 0.00757. The van der Waals surface area contributed by atoms with Crippen molar-refractivity contribution in [3.63, 3.8) is 0 Å². The number of nitriles is 1. The number of ether oxygens (including phenoxy) is 2. The lowest BCUT2D eigenvalue weighted by Crippen LogP contribution is -2.55. The summed E-state index contributed by atoms with van der Waals surface area (Å²) in [6, 6.07) is 8.33. The van der Waals surface area contributed by atoms with Gasteiger partial charge in [0.25, 0.3) is 0 Å². The highest BCUT2D eigenvalue weighted by Crippen LogP contribution is 2.43. The molecule has 1 aromatic heterocycles. The van der Waals surface area contributed by atoms with Gasteiger partial charge in [0, 0.05) is 17.3 Å². The van der Waals surface area contributed by atoms with Gasteiger partial charge >= 0.3 is 12.1 Å². The average molecular weight is 542 g/mol. The number of piperidine rings is 1. The number of fused-ring (bicyclic) bond motifs is 2. The minimum atomic E-state index is -0.973. The van der Waals surface area contributed by atoms with Gasteiger partial charge in [0.2, 0.25) is 5.91 Å². The van der Waals surface area contributed by atoms with Crippen LogP contribution < -0.4 is 5.32 Å². The number of carbonyl (C=O) groups is 3. The number of rotatable bonds is 7. The standard InChI is InChI=1S/C28H32FN3O5S/c1-5-36-26(34)23-11-10-22(38-23)17-7-6-16(21(29)14-17)12-19(15-30)31-25(33)24-18-8-9-20(13-18)32(24)27(35)37-28(2,3)4/h6-7,10-11,14,18-20,24H,5,8-9,12-13H2,1-4H3,(H,31,33)/t18-,19-,20+,24-/m0/s1. The van der Waals surface area contributed by atoms with Crippen LogP contribution in [0.2, 0.25) is 0 Å². The van der Waals surface area contributed by atoms with E-state index in [9.17, 15) is 19.6 Å². The van der Waals surface area contributed by atoms with Gasteiger partial charge < -0.3 is 14.8 Å². The lowest BCUT2D eigenvalue weighted by atomic mass is 9.97. The summed E-state index contributed by atoms with van der Waals surface area (Å²) >= 11 is 1.21. The number of nitrogens with zero attached hydrogens (tertiary/aromatic N) is 2. The highest BCUT2D eigenvalue weighted by molar-refractivity contribution is 7.17. The summed E-state index contributed by atoms with van der Waals surface area (Å²) in [6.45, 7) is 7.33. The van der Waals surface area contributed by atoms with Crippen molar-refractivity contribution in [2.75, 3.05) is 6.61 Å². The minimum Gasteiger partial charge on any atom is -0.462 e. The first-order valence-electron chi connectivity index (χ1n) is 12.8. The van der Waals surface area contributed by atoms with Gasteiger partial charge in [-0.3, -0.25) is 9.69 Å². The van der Waals surface area contributed by atoms with Crippen LogP contribution in [-0.2, 0) is 20.7 Å². The van der Waals surface area contributed by atoms with E-state index >= 15 is 4.39 Å². The third-order valence-corrected chi connectivity index (χ3v) is 7.89. The molecule has 1 N–H and O–H groups in total. The van der Waals surface area contributed by atoms with Gasteiger partial charge in [-0.15, -0.1) is 11.3 Å². The number of hydrogen-bond acceptors (Lipinski definition) is 7. The van der Waals surface area contributed by atoms with Crippen molar-refractivity contribution in [1.29, 1.82) is 5.26 Å². The van der Waals surface area contributed by atoms with E-state index in [2.05, 4.69) is 5.32 Å². The molecule has 2 aromatic rings. The number of amides is 2. The topological polar surface area (TPSA) is 109 Å². The van der Waals surface area contributed by atoms with E-state index in [0.29, 0.717) is 15.3 Å². The number of nitrogens with one attached hydrogen (secondary N) is 1. The van der Waals surface area contributed by atoms with Crippen molar-refractivity contribution in [3.05, 3.63) is 46.6 Å². The van der Waals surface area contributed by atoms with E-state index in [1.807, 2.05) is 6.07 Å². The Labute approximate surface area is 225 Å². The fourth-order valence-electron chi connectivity index (χ4n) is 5.18. The van der Waals surface area contributed by atoms with Gasteiger partial charge in [-0.25, -0.2) is 14.0 Å². The Hall–Kier alpha value is -3.45. The van der Waals surface area contributed by atoms with Crippen LogP contribution in [0, 0.1) is 23.1 Å². The van der Waals surface area contributed by atoms with Crippen molar-refractivity contribution >= 4 is 29.3 Å². The van der Waals surface area contributed by atoms with E-state index in [-0.39, 0.29) is 30.6 Å². The predicted molar refractivity (Wildman–Crippen MR) is 140 cm³/mol. The molecule has 8 nitrogen and oxygen atoms in total. The molecule has 0 radical (unpaired) electrons. The number of hydrogen-bond donors (Lipinski definition) is 1. The van der Waals surface area contributed by atoms with Crippen LogP contribution in [-0.4, -0.2) is 53.2 Å². The molecule has 2 heterocycles. The molecule has 1 aliphatic heterocycles. The van der Waals surface area contributed by atoms with Gasteiger partial charge in [-0.2, -0.15) is 5.26 Å². The Morgan fingerprint density at radius 2 is 2.00 bits per heavy atom. The van der Waals surface area contributed by atoms with E-state index in [0.717, 1.165) is 19.3 Å². The van der Waals surface area contributed by atoms with Crippen LogP contribution in [0.5, 0.6) is 0 Å². The fourth-order valence-corrected chi connectivity index (χ4v) is 6.08. The molecule has 1 saturated carbocycles. The normalized spacial score (nSPS) is 21.1. The molecule has 2 aliphatic rings. The Morgan fingerprint density at radius 3 is 2.66 bits per heavy atom. The zero-order valence-corrected chi connectivity index (χ0v) is 22.8. The number of halogens is 1. The smallest absolute Gasteiger partial charge is 0.411 e. The lowest BCUT2D eigenvalue weighted by Gasteiger charge is -2.35. The molecule has 2 amide bonds. The molecule has 1 aliphatic carbocycles. The summed E-state index contributed by atoms with van der Waals surface area (Å²) in [5.41, 5.74) is 0.182. The third kappa shape index (κ3) is 5.99. The summed E-state index contributed by atoms with van der Waals surface area (Å²) < 4.78 is 25.6. The van der Waals surface area contributed by atoms with E-state index in [1.165, 1.54) is 22.3 Å². The molecule has 1 saturated heterocycles. The summed E-state index contributed by atoms with van der Waals surface area (Å²) in [7, 11) is 0. The van der Waals surface area contributed by atoms with Crippen molar-refractivity contribution in [2.45, 2.75) is 77.1 Å². The molecular formula is C28H32FN3O5S. The van der Waals surface area contributed by atoms with Gasteiger partial charge in [0.1, 0.15) is 28.4 Å². The zero-order chi connectivity index (χ0) is 27.6. The molecule has 2 bridgehead atoms. The number of benzene rings is 1. The van der Waals surface area contributed by atoms with Gasteiger partial charge in [-0.05, 0) is 82.2 Å². The maximum Gasteiger partial charge on any atom is 0.411 e. The Balaban J connectivity index is 1.44. The largest absolute Gasteiger partial charge is 0.462 e. The molecule has 0 spiro atoms. The number of carbonyl (C=O) groups excluding carboxylic acids is 3. The Kier molecular flexibility index (Phi) is 8.07. The van der Waals surface area contributed by atoms with Gasteiger partial charge in [-0.1, -0.05) is 12.1 Å². The van der Waals surface area contributed by atoms with E-state index in [4.69, 9.17) is 9.47 Å². The lowest BCUT2D eigenvalue weighted by molar-refractivity contribution is -0.128. The SMILES string of the molecule is CCOC(=O)c1ccc(-c2ccc(C[C@@H](C#N)NC(=O)[C@@H]3[C@H]4CC[C@H](C4)N3C(=O)OC(C)(C)C)c(F)c2)s1. The van der Waals surface area contributed by atoms with Crippen molar-refractivity contribution in [1.82, 2.24) is 10.2 Å². The fraction of sp³-hybridized carbons (Fsp3) is 0.500. The average Bonchev–Trinajstić information content (AvgIpc) is 3.60. The van der Waals surface area contributed by atoms with Gasteiger partial charge in [0.15, 0.2) is 0 Å². The second-order valence-corrected chi connectivity index (χ2v) is 11.7. The first-order chi connectivity index (χ1) is 18.0. The predicted octanol–water partition coefficient (Wildman–Crippen LogP) is 5.07. The van der Waals surface area contributed by atoms with Crippen LogP contribution in [0.4, 0.5) is 9.18 Å². The molecule has 2 fully saturated rings. The van der Waals surface area contributed by atoms with E-state index in [1.54, 1.807) is 52.0 Å². The maximum atomic E-state index is 15.0. The highest BCUT2D eigenvalue weighted by Gasteiger charge is 2.52. The molecule has 0 unspecified atom stereocenters. The maximum absolute atomic E-state index is 15.0. The van der Waals surface area contributed by atoms with Crippen LogP contribution in [0.15, 0.2) is 30.3 Å². The first-order valence-corrected chi connectivity index (χ1v) is 13.6. The second kappa shape index (κ2) is 11.1. The number of likely N-dealkylation sites (tertiary alicyclic amines) is 1. The summed E-state index contributed by atoms with van der Waals surface area (Å²) in [5.74, 6) is -1.35. The van der Waals surface area contributed by atoms with Crippen molar-refractivity contribution < 1.29 is 28.2 Å². The molecular weight excluding hydrogens is 509 g/mol. The zero-order valence-electron chi connectivity index (χ0n) is 22.0.